The number of piperazine rings is 1. The van der Waals surface area contributed by atoms with Crippen molar-refractivity contribution in [3.05, 3.63) is 18.0 Å². The summed E-state index contributed by atoms with van der Waals surface area (Å²) in [6.07, 6.45) is 4.28. The number of aromatic nitrogens is 2. The molecule has 0 radical (unpaired) electrons. The highest BCUT2D eigenvalue weighted by atomic mass is 16.3. The third-order valence-corrected chi connectivity index (χ3v) is 4.81. The quantitative estimate of drug-likeness (QED) is 0.584. The lowest BCUT2D eigenvalue weighted by Gasteiger charge is -2.34. The summed E-state index contributed by atoms with van der Waals surface area (Å²) in [6, 6.07) is 2.05. The van der Waals surface area contributed by atoms with Crippen molar-refractivity contribution in [1.82, 2.24) is 24.9 Å². The SMILES string of the molecule is O=C(Cn1ccc(C2CCCNC2)n1)N1CCN(CCO)CC1.O=CO. The van der Waals surface area contributed by atoms with Gasteiger partial charge in [0.2, 0.25) is 5.91 Å². The number of rotatable bonds is 5. The van der Waals surface area contributed by atoms with Crippen molar-refractivity contribution in [1.29, 1.82) is 0 Å². The third kappa shape index (κ3) is 6.08. The van der Waals surface area contributed by atoms with E-state index < -0.39 is 0 Å². The van der Waals surface area contributed by atoms with Crippen LogP contribution >= 0.6 is 0 Å². The lowest BCUT2D eigenvalue weighted by atomic mass is 9.97. The largest absolute Gasteiger partial charge is 0.483 e. The first kappa shape index (κ1) is 20.3. The van der Waals surface area contributed by atoms with E-state index >= 15 is 0 Å². The average molecular weight is 367 g/mol. The van der Waals surface area contributed by atoms with Crippen molar-refractivity contribution in [3.8, 4) is 0 Å². The summed E-state index contributed by atoms with van der Waals surface area (Å²) in [5, 5.41) is 23.9. The normalized spacial score (nSPS) is 21.0. The van der Waals surface area contributed by atoms with Gasteiger partial charge in [0.1, 0.15) is 6.54 Å². The van der Waals surface area contributed by atoms with E-state index in [0.717, 1.165) is 45.0 Å². The van der Waals surface area contributed by atoms with Crippen LogP contribution < -0.4 is 5.32 Å². The van der Waals surface area contributed by atoms with E-state index in [9.17, 15) is 4.79 Å². The number of piperidine rings is 1. The van der Waals surface area contributed by atoms with Crippen LogP contribution in [0.5, 0.6) is 0 Å². The molecule has 0 spiro atoms. The maximum atomic E-state index is 12.4. The molecule has 0 saturated carbocycles. The number of hydrogen-bond donors (Lipinski definition) is 3. The van der Waals surface area contributed by atoms with Crippen molar-refractivity contribution in [2.45, 2.75) is 25.3 Å². The van der Waals surface area contributed by atoms with Gasteiger partial charge in [0, 0.05) is 51.4 Å². The van der Waals surface area contributed by atoms with E-state index in [1.54, 1.807) is 4.68 Å². The van der Waals surface area contributed by atoms with Crippen molar-refractivity contribution >= 4 is 12.4 Å². The number of amides is 1. The van der Waals surface area contributed by atoms with Crippen molar-refractivity contribution in [2.24, 2.45) is 0 Å². The second-order valence-corrected chi connectivity index (χ2v) is 6.53. The summed E-state index contributed by atoms with van der Waals surface area (Å²) < 4.78 is 1.77. The van der Waals surface area contributed by atoms with Crippen molar-refractivity contribution in [3.63, 3.8) is 0 Å². The molecule has 3 rings (SSSR count). The van der Waals surface area contributed by atoms with E-state index in [0.29, 0.717) is 19.0 Å². The first-order valence-electron chi connectivity index (χ1n) is 9.10. The monoisotopic (exact) mass is 367 g/mol. The predicted octanol–water partition coefficient (Wildman–Crippen LogP) is -0.813. The van der Waals surface area contributed by atoms with Crippen LogP contribution in [0.2, 0.25) is 0 Å². The van der Waals surface area contributed by atoms with Gasteiger partial charge < -0.3 is 20.4 Å². The minimum absolute atomic E-state index is 0.130. The molecule has 0 bridgehead atoms. The standard InChI is InChI=1S/C16H27N5O2.CH2O2/c22-11-10-19-6-8-20(9-7-19)16(23)13-21-5-3-15(18-21)14-2-1-4-17-12-14;2-1-3/h3,5,14,17,22H,1-2,4,6-13H2;1H,(H,2,3). The highest BCUT2D eigenvalue weighted by molar-refractivity contribution is 5.76. The summed E-state index contributed by atoms with van der Waals surface area (Å²) in [7, 11) is 0. The lowest BCUT2D eigenvalue weighted by molar-refractivity contribution is -0.133. The number of carbonyl (C=O) groups excluding carboxylic acids is 1. The lowest BCUT2D eigenvalue weighted by Crippen LogP contribution is -2.50. The molecule has 1 unspecified atom stereocenters. The Kier molecular flexibility index (Phi) is 8.52. The van der Waals surface area contributed by atoms with Crippen molar-refractivity contribution in [2.75, 3.05) is 52.4 Å². The van der Waals surface area contributed by atoms with Gasteiger partial charge in [0.15, 0.2) is 0 Å². The molecule has 146 valence electrons. The van der Waals surface area contributed by atoms with Gasteiger partial charge in [-0.25, -0.2) is 0 Å². The van der Waals surface area contributed by atoms with Crippen LogP contribution in [-0.2, 0) is 16.1 Å². The molecule has 2 aliphatic heterocycles. The second kappa shape index (κ2) is 10.9. The summed E-state index contributed by atoms with van der Waals surface area (Å²) in [5.41, 5.74) is 1.10. The molecule has 9 heteroatoms. The molecule has 1 amide bonds. The van der Waals surface area contributed by atoms with Crippen LogP contribution in [0.15, 0.2) is 12.3 Å². The number of β-amino-alcohol motifs (C(OH)–C–C–N with tert-alkyl or cyclic N) is 1. The summed E-state index contributed by atoms with van der Waals surface area (Å²) in [5.74, 6) is 0.604. The molecule has 26 heavy (non-hydrogen) atoms. The molecular weight excluding hydrogens is 338 g/mol. The fourth-order valence-electron chi connectivity index (χ4n) is 3.39. The molecular formula is C17H29N5O4. The molecule has 3 heterocycles. The molecule has 9 nitrogen and oxygen atoms in total. The number of hydrogen-bond acceptors (Lipinski definition) is 6. The first-order valence-corrected chi connectivity index (χ1v) is 9.10. The Bertz CT molecular complexity index is 551. The highest BCUT2D eigenvalue weighted by Crippen LogP contribution is 2.21. The predicted molar refractivity (Wildman–Crippen MR) is 95.9 cm³/mol. The van der Waals surface area contributed by atoms with Gasteiger partial charge in [-0.1, -0.05) is 0 Å². The zero-order valence-corrected chi connectivity index (χ0v) is 15.1. The Labute approximate surface area is 153 Å². The first-order chi connectivity index (χ1) is 12.7. The second-order valence-electron chi connectivity index (χ2n) is 6.53. The van der Waals surface area contributed by atoms with Crippen LogP contribution in [0.4, 0.5) is 0 Å². The van der Waals surface area contributed by atoms with E-state index in [1.807, 2.05) is 17.2 Å². The Balaban J connectivity index is 0.000000758. The summed E-state index contributed by atoms with van der Waals surface area (Å²) in [6.45, 7) is 6.17. The topological polar surface area (TPSA) is 111 Å². The number of aliphatic hydroxyl groups excluding tert-OH is 1. The van der Waals surface area contributed by atoms with Crippen LogP contribution in [-0.4, -0.2) is 94.6 Å². The molecule has 2 saturated heterocycles. The fraction of sp³-hybridized carbons (Fsp3) is 0.706. The Hall–Kier alpha value is -1.97. The maximum absolute atomic E-state index is 12.4. The minimum Gasteiger partial charge on any atom is -0.483 e. The van der Waals surface area contributed by atoms with Gasteiger partial charge in [0.05, 0.1) is 12.3 Å². The number of carbonyl (C=O) groups is 2. The molecule has 2 fully saturated rings. The Morgan fingerprint density at radius 1 is 1.35 bits per heavy atom. The van der Waals surface area contributed by atoms with E-state index in [1.165, 1.54) is 12.8 Å². The molecule has 0 aromatic carbocycles. The van der Waals surface area contributed by atoms with Gasteiger partial charge in [-0.2, -0.15) is 5.10 Å². The molecule has 3 N–H and O–H groups in total. The van der Waals surface area contributed by atoms with E-state index in [2.05, 4.69) is 15.3 Å². The summed E-state index contributed by atoms with van der Waals surface area (Å²) in [4.78, 5) is 24.9. The van der Waals surface area contributed by atoms with Gasteiger partial charge in [-0.3, -0.25) is 19.2 Å². The third-order valence-electron chi connectivity index (χ3n) is 4.81. The Morgan fingerprint density at radius 3 is 2.69 bits per heavy atom. The van der Waals surface area contributed by atoms with Gasteiger partial charge >= 0.3 is 0 Å². The van der Waals surface area contributed by atoms with Crippen LogP contribution in [0.1, 0.15) is 24.5 Å². The fourth-order valence-corrected chi connectivity index (χ4v) is 3.39. The van der Waals surface area contributed by atoms with Gasteiger partial charge in [-0.05, 0) is 25.5 Å². The van der Waals surface area contributed by atoms with Crippen molar-refractivity contribution < 1.29 is 19.8 Å². The number of nitrogens with zero attached hydrogens (tertiary/aromatic N) is 4. The summed E-state index contributed by atoms with van der Waals surface area (Å²) >= 11 is 0. The number of aliphatic hydroxyl groups is 1. The smallest absolute Gasteiger partial charge is 0.290 e. The zero-order valence-electron chi connectivity index (χ0n) is 15.1. The molecule has 1 aromatic heterocycles. The number of nitrogens with one attached hydrogen (secondary N) is 1. The van der Waals surface area contributed by atoms with Gasteiger partial charge in [0.25, 0.3) is 6.47 Å². The zero-order chi connectivity index (χ0) is 18.8. The molecule has 0 aliphatic carbocycles. The molecule has 2 aliphatic rings. The highest BCUT2D eigenvalue weighted by Gasteiger charge is 2.22. The van der Waals surface area contributed by atoms with Crippen LogP contribution in [0.3, 0.4) is 0 Å². The maximum Gasteiger partial charge on any atom is 0.290 e. The molecule has 1 atom stereocenters. The van der Waals surface area contributed by atoms with Gasteiger partial charge in [-0.15, -0.1) is 0 Å². The van der Waals surface area contributed by atoms with E-state index in [4.69, 9.17) is 15.0 Å². The van der Waals surface area contributed by atoms with Crippen LogP contribution in [0.25, 0.3) is 0 Å². The number of carboxylic acid groups (broad SMARTS) is 1. The van der Waals surface area contributed by atoms with E-state index in [-0.39, 0.29) is 19.0 Å². The molecule has 1 aromatic rings. The average Bonchev–Trinajstić information content (AvgIpc) is 3.12. The Morgan fingerprint density at radius 2 is 2.08 bits per heavy atom. The minimum atomic E-state index is -0.250. The van der Waals surface area contributed by atoms with Crippen LogP contribution in [0, 0.1) is 0 Å².